The number of benzene rings is 1. The van der Waals surface area contributed by atoms with Crippen LogP contribution in [0.3, 0.4) is 0 Å². The van der Waals surface area contributed by atoms with E-state index in [1.54, 1.807) is 6.92 Å². The highest BCUT2D eigenvalue weighted by Crippen LogP contribution is 2.31. The van der Waals surface area contributed by atoms with E-state index in [1.165, 1.54) is 25.2 Å². The van der Waals surface area contributed by atoms with E-state index in [0.717, 1.165) is 0 Å². The number of hydrogen-bond acceptors (Lipinski definition) is 5. The zero-order valence-electron chi connectivity index (χ0n) is 12.6. The van der Waals surface area contributed by atoms with Gasteiger partial charge in [-0.1, -0.05) is 19.9 Å². The number of nitro groups is 1. The number of para-hydroxylation sites is 1. The summed E-state index contributed by atoms with van der Waals surface area (Å²) in [5.74, 6) is 0.321. The van der Waals surface area contributed by atoms with Gasteiger partial charge < -0.3 is 5.32 Å². The number of hydrogen-bond donors (Lipinski definition) is 2. The molecule has 8 heteroatoms. The first-order valence-corrected chi connectivity index (χ1v) is 8.14. The summed E-state index contributed by atoms with van der Waals surface area (Å²) in [6, 6.07) is 3.88. The van der Waals surface area contributed by atoms with E-state index >= 15 is 0 Å². The van der Waals surface area contributed by atoms with Crippen molar-refractivity contribution in [2.75, 3.05) is 12.4 Å². The van der Waals surface area contributed by atoms with Crippen molar-refractivity contribution in [3.63, 3.8) is 0 Å². The second kappa shape index (κ2) is 6.86. The molecule has 1 rings (SSSR count). The van der Waals surface area contributed by atoms with Crippen molar-refractivity contribution in [2.24, 2.45) is 5.92 Å². The Balaban J connectivity index is 3.23. The Bertz CT molecular complexity index is 614. The monoisotopic (exact) mass is 315 g/mol. The van der Waals surface area contributed by atoms with Gasteiger partial charge >= 0.3 is 5.69 Å². The van der Waals surface area contributed by atoms with Crippen molar-refractivity contribution >= 4 is 21.4 Å². The maximum Gasteiger partial charge on any atom is 0.312 e. The third kappa shape index (κ3) is 4.40. The highest BCUT2D eigenvalue weighted by Gasteiger charge is 2.29. The normalized spacial score (nSPS) is 13.2. The Kier molecular flexibility index (Phi) is 5.68. The van der Waals surface area contributed by atoms with Gasteiger partial charge in [0.05, 0.1) is 4.92 Å². The van der Waals surface area contributed by atoms with E-state index in [1.807, 2.05) is 13.8 Å². The summed E-state index contributed by atoms with van der Waals surface area (Å²) in [6.45, 7) is 5.70. The van der Waals surface area contributed by atoms with Crippen LogP contribution in [0.15, 0.2) is 23.1 Å². The van der Waals surface area contributed by atoms with E-state index < -0.39 is 20.6 Å². The summed E-state index contributed by atoms with van der Waals surface area (Å²) < 4.78 is 27.2. The first-order valence-electron chi connectivity index (χ1n) is 6.66. The summed E-state index contributed by atoms with van der Waals surface area (Å²) in [5.41, 5.74) is -0.274. The number of nitro benzene ring substituents is 1. The third-order valence-corrected chi connectivity index (χ3v) is 4.54. The van der Waals surface area contributed by atoms with Crippen LogP contribution in [-0.2, 0) is 10.0 Å². The lowest BCUT2D eigenvalue weighted by Gasteiger charge is -2.16. The SMILES string of the molecule is CNc1cccc(S(=O)(=O)NC(C)CC(C)C)c1[N+](=O)[O-]. The van der Waals surface area contributed by atoms with E-state index in [0.29, 0.717) is 12.3 Å². The van der Waals surface area contributed by atoms with Crippen molar-refractivity contribution in [2.45, 2.75) is 38.1 Å². The summed E-state index contributed by atoms with van der Waals surface area (Å²) in [5, 5.41) is 13.8. The molecule has 1 aromatic carbocycles. The summed E-state index contributed by atoms with van der Waals surface area (Å²) in [4.78, 5) is 10.2. The summed E-state index contributed by atoms with van der Waals surface area (Å²) in [7, 11) is -2.44. The minimum Gasteiger partial charge on any atom is -0.383 e. The van der Waals surface area contributed by atoms with Crippen LogP contribution in [0.2, 0.25) is 0 Å². The minimum absolute atomic E-state index is 0.166. The molecule has 0 aliphatic rings. The highest BCUT2D eigenvalue weighted by atomic mass is 32.2. The predicted octanol–water partition coefficient (Wildman–Crippen LogP) is 2.35. The molecule has 1 atom stereocenters. The minimum atomic E-state index is -3.95. The van der Waals surface area contributed by atoms with Crippen LogP contribution in [0.25, 0.3) is 0 Å². The van der Waals surface area contributed by atoms with Crippen LogP contribution >= 0.6 is 0 Å². The average molecular weight is 315 g/mol. The van der Waals surface area contributed by atoms with Gasteiger partial charge in [0.2, 0.25) is 10.0 Å². The standard InChI is InChI=1S/C13H21N3O4S/c1-9(2)8-10(3)15-21(19,20)12-7-5-6-11(14-4)13(12)16(17)18/h5-7,9-10,14-15H,8H2,1-4H3. The van der Waals surface area contributed by atoms with E-state index in [-0.39, 0.29) is 16.6 Å². The van der Waals surface area contributed by atoms with Crippen LogP contribution in [0.1, 0.15) is 27.2 Å². The van der Waals surface area contributed by atoms with E-state index in [4.69, 9.17) is 0 Å². The largest absolute Gasteiger partial charge is 0.383 e. The van der Waals surface area contributed by atoms with E-state index in [2.05, 4.69) is 10.0 Å². The number of nitrogens with zero attached hydrogens (tertiary/aromatic N) is 1. The van der Waals surface area contributed by atoms with Gasteiger partial charge in [-0.15, -0.1) is 0 Å². The molecule has 0 radical (unpaired) electrons. The molecule has 2 N–H and O–H groups in total. The fraction of sp³-hybridized carbons (Fsp3) is 0.538. The van der Waals surface area contributed by atoms with Crippen LogP contribution in [0.4, 0.5) is 11.4 Å². The Hall–Kier alpha value is -1.67. The first-order chi connectivity index (χ1) is 9.69. The Morgan fingerprint density at radius 2 is 1.90 bits per heavy atom. The van der Waals surface area contributed by atoms with Crippen LogP contribution in [0.5, 0.6) is 0 Å². The zero-order valence-corrected chi connectivity index (χ0v) is 13.4. The Morgan fingerprint density at radius 1 is 1.29 bits per heavy atom. The first kappa shape index (κ1) is 17.4. The molecule has 1 unspecified atom stereocenters. The van der Waals surface area contributed by atoms with Gasteiger partial charge in [-0.2, -0.15) is 0 Å². The molecule has 21 heavy (non-hydrogen) atoms. The molecule has 7 nitrogen and oxygen atoms in total. The topological polar surface area (TPSA) is 101 Å². The Morgan fingerprint density at radius 3 is 2.38 bits per heavy atom. The molecule has 0 fully saturated rings. The van der Waals surface area contributed by atoms with Gasteiger partial charge in [-0.25, -0.2) is 13.1 Å². The fourth-order valence-electron chi connectivity index (χ4n) is 2.21. The smallest absolute Gasteiger partial charge is 0.312 e. The van der Waals surface area contributed by atoms with Crippen molar-refractivity contribution in [1.82, 2.24) is 4.72 Å². The number of rotatable bonds is 7. The predicted molar refractivity (Wildman–Crippen MR) is 81.9 cm³/mol. The second-order valence-electron chi connectivity index (χ2n) is 5.31. The van der Waals surface area contributed by atoms with Gasteiger partial charge in [0.25, 0.3) is 0 Å². The third-order valence-electron chi connectivity index (χ3n) is 2.92. The van der Waals surface area contributed by atoms with Gasteiger partial charge in [0.15, 0.2) is 4.90 Å². The molecule has 0 amide bonds. The van der Waals surface area contributed by atoms with Gasteiger partial charge in [-0.3, -0.25) is 10.1 Å². The zero-order chi connectivity index (χ0) is 16.2. The Labute approximate surface area is 124 Å². The summed E-state index contributed by atoms with van der Waals surface area (Å²) in [6.07, 6.45) is 0.652. The van der Waals surface area contributed by atoms with Crippen LogP contribution in [-0.4, -0.2) is 26.4 Å². The molecular formula is C13H21N3O4S. The van der Waals surface area contributed by atoms with Crippen LogP contribution < -0.4 is 10.0 Å². The average Bonchev–Trinajstić information content (AvgIpc) is 2.35. The van der Waals surface area contributed by atoms with Gasteiger partial charge in [0.1, 0.15) is 5.69 Å². The number of anilines is 1. The molecule has 0 heterocycles. The quantitative estimate of drug-likeness (QED) is 0.594. The molecule has 0 saturated carbocycles. The van der Waals surface area contributed by atoms with Crippen LogP contribution in [0, 0.1) is 16.0 Å². The lowest BCUT2D eigenvalue weighted by atomic mass is 10.1. The molecule has 0 bridgehead atoms. The maximum atomic E-state index is 12.4. The lowest BCUT2D eigenvalue weighted by Crippen LogP contribution is -2.34. The van der Waals surface area contributed by atoms with Gasteiger partial charge in [-0.05, 0) is 31.4 Å². The van der Waals surface area contributed by atoms with Crippen molar-refractivity contribution < 1.29 is 13.3 Å². The maximum absolute atomic E-state index is 12.4. The molecular weight excluding hydrogens is 294 g/mol. The molecule has 1 aromatic rings. The summed E-state index contributed by atoms with van der Waals surface area (Å²) >= 11 is 0. The molecule has 0 saturated heterocycles. The van der Waals surface area contributed by atoms with Gasteiger partial charge in [0, 0.05) is 13.1 Å². The van der Waals surface area contributed by atoms with Crippen molar-refractivity contribution in [3.8, 4) is 0 Å². The molecule has 0 aliphatic heterocycles. The number of nitrogens with one attached hydrogen (secondary N) is 2. The second-order valence-corrected chi connectivity index (χ2v) is 6.99. The van der Waals surface area contributed by atoms with Crippen molar-refractivity contribution in [3.05, 3.63) is 28.3 Å². The highest BCUT2D eigenvalue weighted by molar-refractivity contribution is 7.89. The number of sulfonamides is 1. The molecule has 0 aromatic heterocycles. The lowest BCUT2D eigenvalue weighted by molar-refractivity contribution is -0.386. The molecule has 0 spiro atoms. The van der Waals surface area contributed by atoms with E-state index in [9.17, 15) is 18.5 Å². The van der Waals surface area contributed by atoms with Crippen molar-refractivity contribution in [1.29, 1.82) is 0 Å². The fourth-order valence-corrected chi connectivity index (χ4v) is 3.66. The molecule has 0 aliphatic carbocycles. The molecule has 118 valence electrons.